The van der Waals surface area contributed by atoms with E-state index in [0.717, 1.165) is 57.9 Å². The number of fused-ring (bicyclic) bond motifs is 4. The Morgan fingerprint density at radius 1 is 0.980 bits per heavy atom. The van der Waals surface area contributed by atoms with E-state index in [1.165, 1.54) is 41.0 Å². The van der Waals surface area contributed by atoms with Crippen LogP contribution in [0.15, 0.2) is 72.7 Å². The van der Waals surface area contributed by atoms with Crippen molar-refractivity contribution in [3.8, 4) is 11.3 Å². The predicted molar refractivity (Wildman–Crippen MR) is 205 cm³/mol. The molecule has 3 aromatic carbocycles. The summed E-state index contributed by atoms with van der Waals surface area (Å²) in [6.07, 6.45) is 10.3. The number of aliphatic hydroxyl groups is 1. The van der Waals surface area contributed by atoms with Gasteiger partial charge in [-0.3, -0.25) is 9.78 Å². The normalized spacial score (nSPS) is 16.4. The number of nitrogens with zero attached hydrogens (tertiary/aromatic N) is 2. The van der Waals surface area contributed by atoms with E-state index in [4.69, 9.17) is 1.37 Å². The van der Waals surface area contributed by atoms with E-state index < -0.39 is 0 Å². The number of carbonyl (C=O) groups is 1. The van der Waals surface area contributed by atoms with Gasteiger partial charge >= 0.3 is 0 Å². The van der Waals surface area contributed by atoms with Crippen LogP contribution in [-0.2, 0) is 24.9 Å². The zero-order valence-corrected chi connectivity index (χ0v) is 33.7. The van der Waals surface area contributed by atoms with Crippen LogP contribution in [0.1, 0.15) is 113 Å². The molecule has 1 N–H and O–H groups in total. The summed E-state index contributed by atoms with van der Waals surface area (Å²) in [5.41, 5.74) is 4.89. The number of carbonyl (C=O) groups excluding carboxylic acids is 1. The molecule has 0 spiro atoms. The second kappa shape index (κ2) is 16.4. The maximum absolute atomic E-state index is 11.7. The van der Waals surface area contributed by atoms with Crippen molar-refractivity contribution in [3.05, 3.63) is 84.4 Å². The third kappa shape index (κ3) is 9.06. The maximum atomic E-state index is 11.7. The van der Waals surface area contributed by atoms with Gasteiger partial charge in [-0.05, 0) is 73.3 Å². The van der Waals surface area contributed by atoms with Crippen molar-refractivity contribution < 1.29 is 31.4 Å². The van der Waals surface area contributed by atoms with Crippen LogP contribution < -0.4 is 0 Å². The number of thiophene rings is 1. The Bertz CT molecular complexity index is 1960. The standard InChI is InChI=1S/C30H29N2S.C13H24O2.Ir/c1-29(2)15-23(16-30(3,4)17-29)21-11-12-24-25(14-21)33-28-26(31-18-32-27(24)28)22-10-9-19-7-5-6-8-20(19)13-22;1-5-10(6-2)12(14)9-13(15)11(7-3)8-4;/h5-12,14,18,23H,15-17H2,1-4H3;9-11,14H,5-8H2,1-4H3;/q-1;;/b;12-9-;/i9D;;. The fourth-order valence-electron chi connectivity index (χ4n) is 8.07. The first kappa shape index (κ1) is 37.3. The van der Waals surface area contributed by atoms with Crippen molar-refractivity contribution in [1.29, 1.82) is 0 Å². The van der Waals surface area contributed by atoms with Crippen LogP contribution in [0.5, 0.6) is 0 Å². The minimum absolute atomic E-state index is 0. The van der Waals surface area contributed by atoms with Gasteiger partial charge in [-0.15, -0.1) is 41.0 Å². The number of rotatable bonds is 9. The summed E-state index contributed by atoms with van der Waals surface area (Å²) in [5, 5.41) is 12.8. The first-order valence-electron chi connectivity index (χ1n) is 18.3. The maximum Gasteiger partial charge on any atom is 0.162 e. The van der Waals surface area contributed by atoms with Crippen LogP contribution >= 0.6 is 11.3 Å². The van der Waals surface area contributed by atoms with Crippen molar-refractivity contribution in [2.24, 2.45) is 22.7 Å². The van der Waals surface area contributed by atoms with Gasteiger partial charge in [0.25, 0.3) is 0 Å². The molecule has 1 aliphatic rings. The summed E-state index contributed by atoms with van der Waals surface area (Å²) in [5.74, 6) is 1.13. The number of aromatic nitrogens is 2. The van der Waals surface area contributed by atoms with Crippen LogP contribution in [-0.4, -0.2) is 20.9 Å². The van der Waals surface area contributed by atoms with Gasteiger partial charge in [-0.2, -0.15) is 0 Å². The summed E-state index contributed by atoms with van der Waals surface area (Å²) >= 11 is 1.77. The zero-order chi connectivity index (χ0) is 35.5. The fraction of sp³-hybridized carbons (Fsp3) is 0.465. The largest absolute Gasteiger partial charge is 0.512 e. The summed E-state index contributed by atoms with van der Waals surface area (Å²) in [6.45, 7) is 17.7. The Morgan fingerprint density at radius 3 is 2.29 bits per heavy atom. The van der Waals surface area contributed by atoms with Gasteiger partial charge in [-0.1, -0.05) is 96.7 Å². The number of aliphatic hydroxyl groups excluding tert-OH is 1. The molecule has 0 saturated heterocycles. The molecule has 49 heavy (non-hydrogen) atoms. The number of benzene rings is 3. The van der Waals surface area contributed by atoms with Gasteiger partial charge < -0.3 is 5.11 Å². The SMILES string of the molecule is CCC(CC)C(=O)/C=C(\O)C(CC)CC.[2H]c1cc(-c2ncnc3c2sc2cc(C4CC(C)(C)CC(C)(C)C4)ccc23)[c-]c2ccccc12.[Ir]. The minimum Gasteiger partial charge on any atom is -0.512 e. The zero-order valence-electron chi connectivity index (χ0n) is 31.4. The topological polar surface area (TPSA) is 63.1 Å². The molecule has 1 aliphatic carbocycles. The number of hydrogen-bond donors (Lipinski definition) is 1. The molecule has 6 heteroatoms. The molecule has 263 valence electrons. The van der Waals surface area contributed by atoms with Gasteiger partial charge in [0, 0.05) is 59.9 Å². The summed E-state index contributed by atoms with van der Waals surface area (Å²) in [7, 11) is 0. The van der Waals surface area contributed by atoms with Crippen molar-refractivity contribution in [3.63, 3.8) is 0 Å². The van der Waals surface area contributed by atoms with E-state index in [9.17, 15) is 9.90 Å². The molecular formula is C43H53IrN2O2S-. The average Bonchev–Trinajstić information content (AvgIpc) is 3.43. The quantitative estimate of drug-likeness (QED) is 0.0911. The molecule has 2 aromatic heterocycles. The van der Waals surface area contributed by atoms with Gasteiger partial charge in [0.1, 0.15) is 6.33 Å². The van der Waals surface area contributed by atoms with Gasteiger partial charge in [-0.25, -0.2) is 4.98 Å². The second-order valence-corrected chi connectivity index (χ2v) is 16.3. The molecule has 2 heterocycles. The Labute approximate surface area is 312 Å². The van der Waals surface area contributed by atoms with Crippen molar-refractivity contribution in [2.75, 3.05) is 0 Å². The van der Waals surface area contributed by atoms with Crippen molar-refractivity contribution in [2.45, 2.75) is 106 Å². The van der Waals surface area contributed by atoms with E-state index >= 15 is 0 Å². The average molecular weight is 855 g/mol. The Hall–Kier alpha value is -2.92. The van der Waals surface area contributed by atoms with Crippen LogP contribution in [0.4, 0.5) is 0 Å². The molecule has 1 fully saturated rings. The summed E-state index contributed by atoms with van der Waals surface area (Å²) in [4.78, 5) is 21.0. The Balaban J connectivity index is 0.000000301. The van der Waals surface area contributed by atoms with Crippen LogP contribution in [0.2, 0.25) is 0 Å². The van der Waals surface area contributed by atoms with E-state index in [1.807, 2.05) is 58.0 Å². The fourth-order valence-corrected chi connectivity index (χ4v) is 9.28. The van der Waals surface area contributed by atoms with Gasteiger partial charge in [0.05, 0.1) is 11.3 Å². The number of allylic oxidation sites excluding steroid dienone is 2. The van der Waals surface area contributed by atoms with Gasteiger partial charge in [0.15, 0.2) is 5.78 Å². The van der Waals surface area contributed by atoms with E-state index in [2.05, 4.69) is 61.9 Å². The van der Waals surface area contributed by atoms with E-state index in [-0.39, 0.29) is 43.5 Å². The third-order valence-corrected chi connectivity index (χ3v) is 11.4. The Kier molecular flexibility index (Phi) is 12.5. The molecule has 6 rings (SSSR count). The van der Waals surface area contributed by atoms with Crippen molar-refractivity contribution in [1.82, 2.24) is 9.97 Å². The van der Waals surface area contributed by atoms with E-state index in [1.54, 1.807) is 17.7 Å². The van der Waals surface area contributed by atoms with Crippen LogP contribution in [0.25, 0.3) is 42.3 Å². The third-order valence-electron chi connectivity index (χ3n) is 10.2. The molecule has 0 unspecified atom stereocenters. The smallest absolute Gasteiger partial charge is 0.162 e. The first-order valence-corrected chi connectivity index (χ1v) is 18.6. The molecule has 0 bridgehead atoms. The number of ketones is 1. The molecule has 1 radical (unpaired) electrons. The predicted octanol–water partition coefficient (Wildman–Crippen LogP) is 12.7. The molecule has 0 amide bonds. The monoisotopic (exact) mass is 855 g/mol. The first-order chi connectivity index (χ1) is 23.3. The van der Waals surface area contributed by atoms with Gasteiger partial charge in [0.2, 0.25) is 0 Å². The molecule has 0 aliphatic heterocycles. The summed E-state index contributed by atoms with van der Waals surface area (Å²) in [6, 6.07) is 20.8. The number of hydrogen-bond acceptors (Lipinski definition) is 5. The van der Waals surface area contributed by atoms with E-state index in [0.29, 0.717) is 22.8 Å². The molecule has 1 saturated carbocycles. The molecule has 5 aromatic rings. The van der Waals surface area contributed by atoms with Crippen molar-refractivity contribution >= 4 is 48.2 Å². The second-order valence-electron chi connectivity index (χ2n) is 15.2. The molecular weight excluding hydrogens is 801 g/mol. The van der Waals surface area contributed by atoms with Crippen LogP contribution in [0.3, 0.4) is 0 Å². The Morgan fingerprint density at radius 2 is 1.63 bits per heavy atom. The summed E-state index contributed by atoms with van der Waals surface area (Å²) < 4.78 is 10.9. The molecule has 4 nitrogen and oxygen atoms in total. The minimum atomic E-state index is 0. The molecule has 0 atom stereocenters. The van der Waals surface area contributed by atoms with Crippen LogP contribution in [0, 0.1) is 28.7 Å².